The molecule has 4 nitrogen and oxygen atoms in total. The molecule has 0 radical (unpaired) electrons. The summed E-state index contributed by atoms with van der Waals surface area (Å²) in [5.41, 5.74) is 3.32. The average Bonchev–Trinajstić information content (AvgIpc) is 2.91. The van der Waals surface area contributed by atoms with Crippen LogP contribution in [-0.4, -0.2) is 22.6 Å². The molecule has 0 unspecified atom stereocenters. The van der Waals surface area contributed by atoms with Crippen LogP contribution in [0, 0.1) is 5.92 Å². The number of anilines is 1. The van der Waals surface area contributed by atoms with Gasteiger partial charge in [0.05, 0.1) is 17.4 Å². The Morgan fingerprint density at radius 3 is 2.03 bits per heavy atom. The SMILES string of the molecule is O=c1c2cc3ccccc3cc2nc(N2CCC(Cc3ccccc3)CC2)n1Cc1ccccc1. The molecule has 6 rings (SSSR count). The highest BCUT2D eigenvalue weighted by molar-refractivity contribution is 5.96. The van der Waals surface area contributed by atoms with Crippen molar-refractivity contribution < 1.29 is 0 Å². The Kier molecular flexibility index (Phi) is 5.79. The van der Waals surface area contributed by atoms with Gasteiger partial charge in [-0.15, -0.1) is 0 Å². The number of rotatable bonds is 5. The van der Waals surface area contributed by atoms with Crippen molar-refractivity contribution >= 4 is 27.6 Å². The predicted octanol–water partition coefficient (Wildman–Crippen LogP) is 6.06. The molecule has 174 valence electrons. The number of hydrogen-bond acceptors (Lipinski definition) is 3. The number of benzene rings is 4. The summed E-state index contributed by atoms with van der Waals surface area (Å²) in [4.78, 5) is 21.3. The van der Waals surface area contributed by atoms with E-state index in [4.69, 9.17) is 4.98 Å². The van der Waals surface area contributed by atoms with Crippen LogP contribution >= 0.6 is 0 Å². The highest BCUT2D eigenvalue weighted by atomic mass is 16.1. The molecule has 0 saturated carbocycles. The summed E-state index contributed by atoms with van der Waals surface area (Å²) < 4.78 is 1.88. The first-order valence-corrected chi connectivity index (χ1v) is 12.5. The molecule has 0 amide bonds. The Bertz CT molecular complexity index is 1520. The van der Waals surface area contributed by atoms with Crippen molar-refractivity contribution in [3.05, 3.63) is 119 Å². The molecule has 0 N–H and O–H groups in total. The standard InChI is InChI=1S/C31H29N3O/c35-30-28-20-26-13-7-8-14-27(26)21-29(28)32-31(34(30)22-25-11-5-2-6-12-25)33-17-15-24(16-18-33)19-23-9-3-1-4-10-23/h1-14,20-21,24H,15-19,22H2. The summed E-state index contributed by atoms with van der Waals surface area (Å²) in [6.07, 6.45) is 3.32. The monoisotopic (exact) mass is 459 g/mol. The Labute approximate surface area is 205 Å². The summed E-state index contributed by atoms with van der Waals surface area (Å²) in [5.74, 6) is 1.45. The summed E-state index contributed by atoms with van der Waals surface area (Å²) in [6, 6.07) is 33.2. The zero-order valence-electron chi connectivity index (χ0n) is 19.8. The highest BCUT2D eigenvalue weighted by Gasteiger charge is 2.24. The van der Waals surface area contributed by atoms with Crippen molar-refractivity contribution in [2.45, 2.75) is 25.8 Å². The second-order valence-electron chi connectivity index (χ2n) is 9.63. The van der Waals surface area contributed by atoms with Crippen LogP contribution in [-0.2, 0) is 13.0 Å². The van der Waals surface area contributed by atoms with E-state index >= 15 is 0 Å². The Morgan fingerprint density at radius 2 is 1.34 bits per heavy atom. The zero-order chi connectivity index (χ0) is 23.6. The molecule has 4 heteroatoms. The van der Waals surface area contributed by atoms with E-state index in [0.717, 1.165) is 60.2 Å². The van der Waals surface area contributed by atoms with Gasteiger partial charge in [-0.05, 0) is 59.2 Å². The molecule has 5 aromatic rings. The maximum atomic E-state index is 13.8. The Morgan fingerprint density at radius 1 is 0.743 bits per heavy atom. The van der Waals surface area contributed by atoms with Crippen molar-refractivity contribution in [3.63, 3.8) is 0 Å². The molecule has 35 heavy (non-hydrogen) atoms. The first-order valence-electron chi connectivity index (χ1n) is 12.5. The lowest BCUT2D eigenvalue weighted by atomic mass is 9.90. The van der Waals surface area contributed by atoms with Crippen LogP contribution in [0.5, 0.6) is 0 Å². The lowest BCUT2D eigenvalue weighted by Gasteiger charge is -2.34. The summed E-state index contributed by atoms with van der Waals surface area (Å²) >= 11 is 0. The molecule has 0 aliphatic carbocycles. The molecule has 0 spiro atoms. The van der Waals surface area contributed by atoms with Crippen LogP contribution < -0.4 is 10.5 Å². The Hall–Kier alpha value is -3.92. The van der Waals surface area contributed by atoms with Gasteiger partial charge in [-0.3, -0.25) is 9.36 Å². The number of hydrogen-bond donors (Lipinski definition) is 0. The van der Waals surface area contributed by atoms with Crippen molar-refractivity contribution in [2.75, 3.05) is 18.0 Å². The van der Waals surface area contributed by atoms with Gasteiger partial charge in [0.1, 0.15) is 0 Å². The molecule has 1 aliphatic heterocycles. The molecule has 0 bridgehead atoms. The van der Waals surface area contributed by atoms with Gasteiger partial charge in [0.25, 0.3) is 5.56 Å². The lowest BCUT2D eigenvalue weighted by molar-refractivity contribution is 0.397. The third-order valence-corrected chi connectivity index (χ3v) is 7.25. The normalized spacial score (nSPS) is 14.6. The van der Waals surface area contributed by atoms with Gasteiger partial charge < -0.3 is 4.90 Å². The summed E-state index contributed by atoms with van der Waals surface area (Å²) in [6.45, 7) is 2.35. The maximum Gasteiger partial charge on any atom is 0.263 e. The molecular formula is C31H29N3O. The second kappa shape index (κ2) is 9.38. The zero-order valence-corrected chi connectivity index (χ0v) is 19.8. The third kappa shape index (κ3) is 4.44. The molecule has 4 aromatic carbocycles. The van der Waals surface area contributed by atoms with E-state index in [1.165, 1.54) is 5.56 Å². The van der Waals surface area contributed by atoms with Gasteiger partial charge in [0.15, 0.2) is 0 Å². The first kappa shape index (κ1) is 21.6. The molecular weight excluding hydrogens is 430 g/mol. The minimum atomic E-state index is 0.0333. The minimum absolute atomic E-state index is 0.0333. The molecule has 1 fully saturated rings. The highest BCUT2D eigenvalue weighted by Crippen LogP contribution is 2.27. The topological polar surface area (TPSA) is 38.1 Å². The van der Waals surface area contributed by atoms with E-state index in [1.807, 2.05) is 41.0 Å². The van der Waals surface area contributed by atoms with E-state index in [0.29, 0.717) is 17.8 Å². The molecule has 1 aliphatic rings. The molecule has 2 heterocycles. The van der Waals surface area contributed by atoms with Crippen LogP contribution in [0.25, 0.3) is 21.7 Å². The second-order valence-corrected chi connectivity index (χ2v) is 9.63. The average molecular weight is 460 g/mol. The van der Waals surface area contributed by atoms with Crippen molar-refractivity contribution in [1.82, 2.24) is 9.55 Å². The van der Waals surface area contributed by atoms with E-state index in [-0.39, 0.29) is 5.56 Å². The number of nitrogens with zero attached hydrogens (tertiary/aromatic N) is 3. The number of aromatic nitrogens is 2. The predicted molar refractivity (Wildman–Crippen MR) is 144 cm³/mol. The van der Waals surface area contributed by atoms with E-state index < -0.39 is 0 Å². The van der Waals surface area contributed by atoms with Gasteiger partial charge >= 0.3 is 0 Å². The van der Waals surface area contributed by atoms with E-state index in [2.05, 4.69) is 65.6 Å². The van der Waals surface area contributed by atoms with Crippen LogP contribution in [0.1, 0.15) is 24.0 Å². The lowest BCUT2D eigenvalue weighted by Crippen LogP contribution is -2.39. The first-order chi connectivity index (χ1) is 17.2. The quantitative estimate of drug-likeness (QED) is 0.300. The van der Waals surface area contributed by atoms with E-state index in [9.17, 15) is 4.79 Å². The van der Waals surface area contributed by atoms with Gasteiger partial charge in [-0.25, -0.2) is 4.98 Å². The van der Waals surface area contributed by atoms with Crippen LogP contribution in [0.15, 0.2) is 102 Å². The smallest absolute Gasteiger partial charge is 0.263 e. The number of fused-ring (bicyclic) bond motifs is 2. The van der Waals surface area contributed by atoms with Crippen molar-refractivity contribution in [3.8, 4) is 0 Å². The molecule has 1 saturated heterocycles. The van der Waals surface area contributed by atoms with Gasteiger partial charge in [-0.2, -0.15) is 0 Å². The van der Waals surface area contributed by atoms with Crippen LogP contribution in [0.3, 0.4) is 0 Å². The van der Waals surface area contributed by atoms with Crippen molar-refractivity contribution in [2.24, 2.45) is 5.92 Å². The van der Waals surface area contributed by atoms with Gasteiger partial charge in [-0.1, -0.05) is 84.9 Å². The third-order valence-electron chi connectivity index (χ3n) is 7.25. The van der Waals surface area contributed by atoms with E-state index in [1.54, 1.807) is 0 Å². The summed E-state index contributed by atoms with van der Waals surface area (Å²) in [7, 11) is 0. The minimum Gasteiger partial charge on any atom is -0.342 e. The fourth-order valence-electron chi connectivity index (χ4n) is 5.33. The van der Waals surface area contributed by atoms with Crippen LogP contribution in [0.2, 0.25) is 0 Å². The Balaban J connectivity index is 1.37. The molecule has 0 atom stereocenters. The maximum absolute atomic E-state index is 13.8. The molecule has 1 aromatic heterocycles. The van der Waals surface area contributed by atoms with Crippen molar-refractivity contribution in [1.29, 1.82) is 0 Å². The fourth-order valence-corrected chi connectivity index (χ4v) is 5.33. The summed E-state index contributed by atoms with van der Waals surface area (Å²) in [5, 5.41) is 2.86. The van der Waals surface area contributed by atoms with Gasteiger partial charge in [0.2, 0.25) is 5.95 Å². The van der Waals surface area contributed by atoms with Crippen LogP contribution in [0.4, 0.5) is 5.95 Å². The van der Waals surface area contributed by atoms with Gasteiger partial charge in [0, 0.05) is 13.1 Å². The number of piperidine rings is 1. The largest absolute Gasteiger partial charge is 0.342 e. The fraction of sp³-hybridized carbons (Fsp3) is 0.226.